The van der Waals surface area contributed by atoms with Crippen LogP contribution in [0.5, 0.6) is 5.88 Å². The Balaban J connectivity index is 2.02. The van der Waals surface area contributed by atoms with Crippen molar-refractivity contribution in [2.24, 2.45) is 0 Å². The van der Waals surface area contributed by atoms with Crippen molar-refractivity contribution in [3.05, 3.63) is 23.9 Å². The first kappa shape index (κ1) is 10.9. The lowest BCUT2D eigenvalue weighted by molar-refractivity contribution is -0.664. The van der Waals surface area contributed by atoms with Crippen LogP contribution in [0, 0.1) is 0 Å². The second-order valence-corrected chi connectivity index (χ2v) is 3.85. The number of nitrogens with two attached hydrogens (primary N) is 1. The number of carboxylic acid groups (broad SMARTS) is 1. The van der Waals surface area contributed by atoms with Gasteiger partial charge in [-0.15, -0.1) is 0 Å². The minimum atomic E-state index is -1.20. The van der Waals surface area contributed by atoms with Crippen LogP contribution < -0.4 is 15.2 Å². The molecule has 1 aliphatic rings. The zero-order valence-corrected chi connectivity index (χ0v) is 8.89. The van der Waals surface area contributed by atoms with Gasteiger partial charge in [-0.2, -0.15) is 0 Å². The maximum Gasteiger partial charge on any atom is 0.214 e. The second kappa shape index (κ2) is 4.94. The van der Waals surface area contributed by atoms with Crippen molar-refractivity contribution in [2.45, 2.75) is 18.9 Å². The molecule has 1 fully saturated rings. The number of aromatic carboxylic acids is 1. The molecule has 1 aliphatic heterocycles. The summed E-state index contributed by atoms with van der Waals surface area (Å²) in [7, 11) is 0. The molecular weight excluding hydrogens is 208 g/mol. The van der Waals surface area contributed by atoms with Gasteiger partial charge in [0, 0.05) is 30.7 Å². The Kier molecular flexibility index (Phi) is 3.36. The predicted molar refractivity (Wildman–Crippen MR) is 53.9 cm³/mol. The van der Waals surface area contributed by atoms with Crippen LogP contribution in [0.25, 0.3) is 0 Å². The van der Waals surface area contributed by atoms with Crippen LogP contribution in [0.15, 0.2) is 18.3 Å². The van der Waals surface area contributed by atoms with Crippen molar-refractivity contribution in [1.29, 1.82) is 0 Å². The van der Waals surface area contributed by atoms with Crippen LogP contribution >= 0.6 is 0 Å². The van der Waals surface area contributed by atoms with Gasteiger partial charge in [-0.05, 0) is 6.07 Å². The number of carbonyl (C=O) groups excluding carboxylic acids is 1. The van der Waals surface area contributed by atoms with E-state index in [-0.39, 0.29) is 11.7 Å². The quantitative estimate of drug-likeness (QED) is 0.678. The molecule has 0 saturated carbocycles. The number of nitrogens with zero attached hydrogens (tertiary/aromatic N) is 1. The molecule has 0 amide bonds. The number of hydrogen-bond acceptors (Lipinski definition) is 4. The van der Waals surface area contributed by atoms with Crippen molar-refractivity contribution in [3.8, 4) is 5.88 Å². The van der Waals surface area contributed by atoms with Gasteiger partial charge in [0.2, 0.25) is 5.88 Å². The van der Waals surface area contributed by atoms with Gasteiger partial charge in [-0.3, -0.25) is 0 Å². The van der Waals surface area contributed by atoms with E-state index in [1.54, 1.807) is 0 Å². The van der Waals surface area contributed by atoms with Gasteiger partial charge in [0.15, 0.2) is 0 Å². The van der Waals surface area contributed by atoms with Crippen molar-refractivity contribution in [3.63, 3.8) is 0 Å². The van der Waals surface area contributed by atoms with Crippen LogP contribution in [-0.4, -0.2) is 30.1 Å². The Bertz CT molecular complexity index is 375. The number of carbonyl (C=O) groups is 1. The third kappa shape index (κ3) is 2.70. The number of aromatic nitrogens is 1. The van der Waals surface area contributed by atoms with E-state index in [0.717, 1.165) is 25.9 Å². The minimum Gasteiger partial charge on any atom is -0.545 e. The van der Waals surface area contributed by atoms with Crippen LogP contribution in [0.2, 0.25) is 0 Å². The molecule has 2 rings (SSSR count). The van der Waals surface area contributed by atoms with E-state index in [9.17, 15) is 9.90 Å². The molecule has 16 heavy (non-hydrogen) atoms. The fraction of sp³-hybridized carbons (Fsp3) is 0.455. The Morgan fingerprint density at radius 2 is 2.25 bits per heavy atom. The van der Waals surface area contributed by atoms with Crippen LogP contribution in [0.4, 0.5) is 0 Å². The van der Waals surface area contributed by atoms with Crippen molar-refractivity contribution in [2.75, 3.05) is 13.1 Å². The summed E-state index contributed by atoms with van der Waals surface area (Å²) < 4.78 is 5.62. The van der Waals surface area contributed by atoms with Crippen molar-refractivity contribution in [1.82, 2.24) is 4.98 Å². The van der Waals surface area contributed by atoms with E-state index in [0.29, 0.717) is 5.88 Å². The molecule has 1 saturated heterocycles. The monoisotopic (exact) mass is 222 g/mol. The van der Waals surface area contributed by atoms with E-state index >= 15 is 0 Å². The molecule has 0 spiro atoms. The van der Waals surface area contributed by atoms with Crippen LogP contribution in [0.1, 0.15) is 23.2 Å². The maximum absolute atomic E-state index is 10.6. The summed E-state index contributed by atoms with van der Waals surface area (Å²) in [5.41, 5.74) is 0.104. The first-order valence-corrected chi connectivity index (χ1v) is 5.41. The molecule has 0 unspecified atom stereocenters. The second-order valence-electron chi connectivity index (χ2n) is 3.85. The number of piperidine rings is 1. The minimum absolute atomic E-state index is 0.104. The summed E-state index contributed by atoms with van der Waals surface area (Å²) in [6.45, 7) is 2.09. The number of quaternary nitrogens is 1. The lowest BCUT2D eigenvalue weighted by atomic mass is 10.1. The van der Waals surface area contributed by atoms with Crippen molar-refractivity contribution < 1.29 is 20.0 Å². The fourth-order valence-electron chi connectivity index (χ4n) is 1.79. The number of rotatable bonds is 3. The summed E-state index contributed by atoms with van der Waals surface area (Å²) in [6, 6.07) is 2.81. The first-order chi connectivity index (χ1) is 7.75. The Morgan fingerprint density at radius 3 is 2.94 bits per heavy atom. The average molecular weight is 222 g/mol. The van der Waals surface area contributed by atoms with Gasteiger partial charge in [-0.1, -0.05) is 0 Å². The first-order valence-electron chi connectivity index (χ1n) is 5.41. The summed E-state index contributed by atoms with van der Waals surface area (Å²) in [5, 5.41) is 12.9. The standard InChI is InChI=1S/C11H14N2O3/c14-11(15)8-1-6-13-10(7-8)16-9-2-4-12-5-3-9/h1,6-7,9,12H,2-5H2,(H,14,15). The van der Waals surface area contributed by atoms with E-state index in [1.807, 2.05) is 0 Å². The van der Waals surface area contributed by atoms with E-state index in [4.69, 9.17) is 4.74 Å². The Hall–Kier alpha value is -1.62. The van der Waals surface area contributed by atoms with Crippen LogP contribution in [0.3, 0.4) is 0 Å². The smallest absolute Gasteiger partial charge is 0.214 e. The van der Waals surface area contributed by atoms with Gasteiger partial charge >= 0.3 is 0 Å². The molecule has 5 heteroatoms. The molecule has 5 nitrogen and oxygen atoms in total. The van der Waals surface area contributed by atoms with Crippen molar-refractivity contribution >= 4 is 5.97 Å². The summed E-state index contributed by atoms with van der Waals surface area (Å²) in [6.07, 6.45) is 3.51. The third-order valence-electron chi connectivity index (χ3n) is 2.64. The topological polar surface area (TPSA) is 78.9 Å². The Morgan fingerprint density at radius 1 is 1.50 bits per heavy atom. The van der Waals surface area contributed by atoms with Crippen LogP contribution in [-0.2, 0) is 0 Å². The molecule has 0 aliphatic carbocycles. The Labute approximate surface area is 93.5 Å². The number of carboxylic acids is 1. The third-order valence-corrected chi connectivity index (χ3v) is 2.64. The van der Waals surface area contributed by atoms with Gasteiger partial charge in [-0.25, -0.2) is 4.98 Å². The number of ether oxygens (including phenoxy) is 1. The highest BCUT2D eigenvalue weighted by atomic mass is 16.5. The summed E-state index contributed by atoms with van der Waals surface area (Å²) in [4.78, 5) is 14.6. The largest absolute Gasteiger partial charge is 0.545 e. The molecule has 86 valence electrons. The molecular formula is C11H14N2O3. The molecule has 0 bridgehead atoms. The molecule has 1 aromatic rings. The summed E-state index contributed by atoms with van der Waals surface area (Å²) in [5.74, 6) is -0.835. The zero-order valence-electron chi connectivity index (χ0n) is 8.89. The lowest BCUT2D eigenvalue weighted by Crippen LogP contribution is -2.86. The number of hydrogen-bond donors (Lipinski definition) is 1. The average Bonchev–Trinajstić information content (AvgIpc) is 2.30. The molecule has 1 aromatic heterocycles. The molecule has 2 heterocycles. The molecule has 2 N–H and O–H groups in total. The normalized spacial score (nSPS) is 17.0. The predicted octanol–water partition coefficient (Wildman–Crippen LogP) is -1.45. The molecule has 0 atom stereocenters. The zero-order chi connectivity index (χ0) is 11.4. The van der Waals surface area contributed by atoms with E-state index in [2.05, 4.69) is 10.3 Å². The lowest BCUT2D eigenvalue weighted by Gasteiger charge is -2.21. The van der Waals surface area contributed by atoms with E-state index in [1.165, 1.54) is 18.3 Å². The highest BCUT2D eigenvalue weighted by Crippen LogP contribution is 2.13. The number of pyridine rings is 1. The maximum atomic E-state index is 10.6. The molecule has 0 aromatic carbocycles. The van der Waals surface area contributed by atoms with Gasteiger partial charge < -0.3 is 20.0 Å². The highest BCUT2D eigenvalue weighted by Gasteiger charge is 2.17. The van der Waals surface area contributed by atoms with Gasteiger partial charge in [0.25, 0.3) is 0 Å². The van der Waals surface area contributed by atoms with E-state index < -0.39 is 5.97 Å². The van der Waals surface area contributed by atoms with Gasteiger partial charge in [0.1, 0.15) is 6.10 Å². The summed E-state index contributed by atoms with van der Waals surface area (Å²) >= 11 is 0. The van der Waals surface area contributed by atoms with Gasteiger partial charge in [0.05, 0.1) is 19.1 Å². The fourth-order valence-corrected chi connectivity index (χ4v) is 1.79. The SMILES string of the molecule is O=C([O-])c1ccnc(OC2CC[NH2+]CC2)c1. The highest BCUT2D eigenvalue weighted by molar-refractivity contribution is 5.85. The molecule has 0 radical (unpaired) electrons.